The highest BCUT2D eigenvalue weighted by Crippen LogP contribution is 2.35. The molecule has 0 bridgehead atoms. The Kier molecular flexibility index (Phi) is 6.85. The first-order chi connectivity index (χ1) is 11.8. The van der Waals surface area contributed by atoms with E-state index in [2.05, 4.69) is 50.0 Å². The molecule has 1 aromatic carbocycles. The third kappa shape index (κ3) is 5.72. The van der Waals surface area contributed by atoms with Gasteiger partial charge in [-0.2, -0.15) is 0 Å². The number of rotatable bonds is 6. The van der Waals surface area contributed by atoms with Crippen LogP contribution in [-0.2, 0) is 21.4 Å². The number of hydrogen-bond donors (Lipinski definition) is 1. The van der Waals surface area contributed by atoms with Crippen LogP contribution in [0.2, 0.25) is 0 Å². The topological polar surface area (TPSA) is 50.8 Å². The molecule has 25 heavy (non-hydrogen) atoms. The van der Waals surface area contributed by atoms with E-state index < -0.39 is 0 Å². The second-order valence-electron chi connectivity index (χ2n) is 7.74. The summed E-state index contributed by atoms with van der Waals surface area (Å²) in [6, 6.07) is 4.20. The molecule has 140 valence electrons. The number of carbonyl (C=O) groups excluding carboxylic acids is 1. The van der Waals surface area contributed by atoms with Gasteiger partial charge in [0.25, 0.3) is 0 Å². The van der Waals surface area contributed by atoms with Crippen LogP contribution in [0.3, 0.4) is 0 Å². The van der Waals surface area contributed by atoms with Gasteiger partial charge in [-0.25, -0.2) is 0 Å². The molecule has 5 heteroatoms. The number of aryl methyl sites for hydroxylation is 1. The van der Waals surface area contributed by atoms with Crippen molar-refractivity contribution in [3.63, 3.8) is 0 Å². The molecule has 1 aliphatic rings. The van der Waals surface area contributed by atoms with Gasteiger partial charge in [0.15, 0.2) is 0 Å². The van der Waals surface area contributed by atoms with Crippen molar-refractivity contribution in [2.24, 2.45) is 0 Å². The molecular weight excluding hydrogens is 316 g/mol. The van der Waals surface area contributed by atoms with E-state index in [9.17, 15) is 4.79 Å². The van der Waals surface area contributed by atoms with Gasteiger partial charge in [-0.15, -0.1) is 0 Å². The van der Waals surface area contributed by atoms with E-state index in [1.165, 1.54) is 0 Å². The Hall–Kier alpha value is -1.59. The van der Waals surface area contributed by atoms with Crippen LogP contribution in [0.1, 0.15) is 37.5 Å². The minimum Gasteiger partial charge on any atom is -0.496 e. The largest absolute Gasteiger partial charge is 0.496 e. The van der Waals surface area contributed by atoms with Gasteiger partial charge < -0.3 is 14.8 Å². The lowest BCUT2D eigenvalue weighted by Gasteiger charge is -2.26. The summed E-state index contributed by atoms with van der Waals surface area (Å²) < 4.78 is 11.0. The summed E-state index contributed by atoms with van der Waals surface area (Å²) in [5.74, 6) is 0.874. The Morgan fingerprint density at radius 3 is 2.56 bits per heavy atom. The lowest BCUT2D eigenvalue weighted by atomic mass is 9.83. The van der Waals surface area contributed by atoms with Gasteiger partial charge in [0.05, 0.1) is 26.7 Å². The van der Waals surface area contributed by atoms with Crippen molar-refractivity contribution in [1.29, 1.82) is 0 Å². The number of nitrogens with one attached hydrogen (secondary N) is 1. The van der Waals surface area contributed by atoms with E-state index in [0.717, 1.165) is 55.3 Å². The molecule has 2 rings (SSSR count). The fourth-order valence-corrected chi connectivity index (χ4v) is 3.19. The summed E-state index contributed by atoms with van der Waals surface area (Å²) in [5, 5.41) is 3.03. The lowest BCUT2D eigenvalue weighted by molar-refractivity contribution is -0.120. The molecule has 0 spiro atoms. The van der Waals surface area contributed by atoms with Crippen LogP contribution in [-0.4, -0.2) is 57.3 Å². The van der Waals surface area contributed by atoms with Crippen LogP contribution in [0.15, 0.2) is 12.1 Å². The number of morpholine rings is 1. The van der Waals surface area contributed by atoms with Gasteiger partial charge in [-0.05, 0) is 12.3 Å². The highest BCUT2D eigenvalue weighted by atomic mass is 16.5. The Labute approximate surface area is 151 Å². The van der Waals surface area contributed by atoms with Crippen molar-refractivity contribution in [2.75, 3.05) is 46.5 Å². The Morgan fingerprint density at radius 1 is 1.28 bits per heavy atom. The van der Waals surface area contributed by atoms with Gasteiger partial charge in [0.1, 0.15) is 5.75 Å². The first-order valence-corrected chi connectivity index (χ1v) is 9.06. The maximum absolute atomic E-state index is 12.4. The molecule has 0 aromatic heterocycles. The van der Waals surface area contributed by atoms with E-state index in [1.807, 2.05) is 0 Å². The summed E-state index contributed by atoms with van der Waals surface area (Å²) in [5.41, 5.74) is 3.23. The predicted octanol–water partition coefficient (Wildman–Crippen LogP) is 2.29. The number of methoxy groups -OCH3 is 1. The van der Waals surface area contributed by atoms with Gasteiger partial charge in [0, 0.05) is 37.3 Å². The molecule has 0 saturated carbocycles. The zero-order chi connectivity index (χ0) is 18.4. The molecule has 0 radical (unpaired) electrons. The fourth-order valence-electron chi connectivity index (χ4n) is 3.19. The average molecular weight is 348 g/mol. The van der Waals surface area contributed by atoms with Gasteiger partial charge in [-0.1, -0.05) is 38.5 Å². The molecule has 1 aromatic rings. The molecule has 1 amide bonds. The lowest BCUT2D eigenvalue weighted by Crippen LogP contribution is -2.41. The van der Waals surface area contributed by atoms with Crippen LogP contribution < -0.4 is 10.1 Å². The van der Waals surface area contributed by atoms with Crippen molar-refractivity contribution >= 4 is 5.91 Å². The van der Waals surface area contributed by atoms with Crippen molar-refractivity contribution in [1.82, 2.24) is 10.2 Å². The minimum absolute atomic E-state index is 0.0288. The van der Waals surface area contributed by atoms with Crippen LogP contribution in [0, 0.1) is 6.92 Å². The van der Waals surface area contributed by atoms with Crippen LogP contribution in [0.25, 0.3) is 0 Å². The monoisotopic (exact) mass is 348 g/mol. The van der Waals surface area contributed by atoms with Crippen molar-refractivity contribution < 1.29 is 14.3 Å². The Bertz CT molecular complexity index is 587. The second kappa shape index (κ2) is 8.68. The number of ether oxygens (including phenoxy) is 2. The van der Waals surface area contributed by atoms with E-state index in [4.69, 9.17) is 9.47 Å². The summed E-state index contributed by atoms with van der Waals surface area (Å²) in [4.78, 5) is 14.7. The quantitative estimate of drug-likeness (QED) is 0.857. The summed E-state index contributed by atoms with van der Waals surface area (Å²) >= 11 is 0. The van der Waals surface area contributed by atoms with Gasteiger partial charge >= 0.3 is 0 Å². The third-order valence-corrected chi connectivity index (χ3v) is 4.53. The molecule has 1 saturated heterocycles. The number of amides is 1. The maximum Gasteiger partial charge on any atom is 0.224 e. The van der Waals surface area contributed by atoms with Crippen LogP contribution in [0.5, 0.6) is 5.75 Å². The minimum atomic E-state index is -0.0288. The molecule has 1 fully saturated rings. The zero-order valence-corrected chi connectivity index (χ0v) is 16.3. The average Bonchev–Trinajstić information content (AvgIpc) is 2.54. The maximum atomic E-state index is 12.4. The van der Waals surface area contributed by atoms with Crippen LogP contribution in [0.4, 0.5) is 0 Å². The Balaban J connectivity index is 1.98. The predicted molar refractivity (Wildman–Crippen MR) is 100 cm³/mol. The van der Waals surface area contributed by atoms with E-state index in [1.54, 1.807) is 7.11 Å². The molecule has 1 N–H and O–H groups in total. The summed E-state index contributed by atoms with van der Waals surface area (Å²) in [6.07, 6.45) is 0.344. The molecule has 0 atom stereocenters. The third-order valence-electron chi connectivity index (χ3n) is 4.53. The molecule has 0 unspecified atom stereocenters. The van der Waals surface area contributed by atoms with E-state index in [-0.39, 0.29) is 11.3 Å². The molecule has 5 nitrogen and oxygen atoms in total. The number of carbonyl (C=O) groups is 1. The van der Waals surface area contributed by atoms with E-state index in [0.29, 0.717) is 13.0 Å². The fraction of sp³-hybridized carbons (Fsp3) is 0.650. The first kappa shape index (κ1) is 19.7. The smallest absolute Gasteiger partial charge is 0.224 e. The standard InChI is InChI=1S/C20H32N2O3/c1-15-12-16(19(24-5)17(13-15)20(2,3)4)14-18(23)21-6-7-22-8-10-25-11-9-22/h12-13H,6-11,14H2,1-5H3,(H,21,23). The van der Waals surface area contributed by atoms with E-state index >= 15 is 0 Å². The summed E-state index contributed by atoms with van der Waals surface area (Å²) in [7, 11) is 1.68. The van der Waals surface area contributed by atoms with Crippen molar-refractivity contribution in [2.45, 2.75) is 39.5 Å². The Morgan fingerprint density at radius 2 is 1.96 bits per heavy atom. The number of benzene rings is 1. The SMILES string of the molecule is COc1c(CC(=O)NCCN2CCOCC2)cc(C)cc1C(C)(C)C. The summed E-state index contributed by atoms with van der Waals surface area (Å²) in [6.45, 7) is 13.5. The van der Waals surface area contributed by atoms with Gasteiger partial charge in [-0.3, -0.25) is 9.69 Å². The van der Waals surface area contributed by atoms with Crippen LogP contribution >= 0.6 is 0 Å². The normalized spacial score (nSPS) is 15.9. The van der Waals surface area contributed by atoms with Crippen molar-refractivity contribution in [3.05, 3.63) is 28.8 Å². The second-order valence-corrected chi connectivity index (χ2v) is 7.74. The highest BCUT2D eigenvalue weighted by Gasteiger charge is 2.22. The molecule has 1 aliphatic heterocycles. The highest BCUT2D eigenvalue weighted by molar-refractivity contribution is 5.79. The molecule has 0 aliphatic carbocycles. The molecule has 1 heterocycles. The number of hydrogen-bond acceptors (Lipinski definition) is 4. The van der Waals surface area contributed by atoms with Gasteiger partial charge in [0.2, 0.25) is 5.91 Å². The first-order valence-electron chi connectivity index (χ1n) is 9.06. The zero-order valence-electron chi connectivity index (χ0n) is 16.3. The molecular formula is C20H32N2O3. The van der Waals surface area contributed by atoms with Crippen molar-refractivity contribution in [3.8, 4) is 5.75 Å². The number of nitrogens with zero attached hydrogens (tertiary/aromatic N) is 1.